The molecule has 0 aliphatic carbocycles. The highest BCUT2D eigenvalue weighted by atomic mass is 19.4. The van der Waals surface area contributed by atoms with Crippen molar-refractivity contribution in [2.75, 3.05) is 13.1 Å². The van der Waals surface area contributed by atoms with Crippen LogP contribution in [-0.2, 0) is 4.79 Å². The summed E-state index contributed by atoms with van der Waals surface area (Å²) in [6.07, 6.45) is 1.77. The van der Waals surface area contributed by atoms with Gasteiger partial charge in [0.1, 0.15) is 5.75 Å². The zero-order valence-electron chi connectivity index (χ0n) is 17.4. The molecule has 5 rings (SSSR count). The van der Waals surface area contributed by atoms with E-state index in [0.29, 0.717) is 22.4 Å². The highest BCUT2D eigenvalue weighted by molar-refractivity contribution is 5.92. The average Bonchev–Trinajstić information content (AvgIpc) is 3.41. The van der Waals surface area contributed by atoms with E-state index < -0.39 is 18.1 Å². The van der Waals surface area contributed by atoms with Crippen LogP contribution in [0.15, 0.2) is 67.7 Å². The number of hydrogen-bond acceptors (Lipinski definition) is 5. The second kappa shape index (κ2) is 7.97. The third-order valence-corrected chi connectivity index (χ3v) is 5.46. The molecule has 0 saturated carbocycles. The van der Waals surface area contributed by atoms with Crippen LogP contribution in [0.4, 0.5) is 17.6 Å². The van der Waals surface area contributed by atoms with Gasteiger partial charge in [-0.05, 0) is 30.3 Å². The molecule has 1 aromatic carbocycles. The van der Waals surface area contributed by atoms with Crippen molar-refractivity contribution < 1.29 is 27.1 Å². The van der Waals surface area contributed by atoms with Crippen LogP contribution in [0, 0.1) is 0 Å². The number of rotatable bonds is 5. The van der Waals surface area contributed by atoms with Crippen LogP contribution in [0.1, 0.15) is 11.6 Å². The lowest BCUT2D eigenvalue weighted by atomic mass is 9.93. The number of aromatic nitrogens is 5. The van der Waals surface area contributed by atoms with E-state index in [4.69, 9.17) is 5.10 Å². The highest BCUT2D eigenvalue weighted by Crippen LogP contribution is 2.36. The van der Waals surface area contributed by atoms with Gasteiger partial charge in [0.25, 0.3) is 5.91 Å². The molecule has 1 aliphatic heterocycles. The fourth-order valence-electron chi connectivity index (χ4n) is 3.91. The normalized spacial score (nSPS) is 14.3. The third-order valence-electron chi connectivity index (χ3n) is 5.46. The first-order valence-electron chi connectivity index (χ1n) is 10.1. The summed E-state index contributed by atoms with van der Waals surface area (Å²) in [6.45, 7) is 3.53. The van der Waals surface area contributed by atoms with Crippen molar-refractivity contribution in [1.82, 2.24) is 29.2 Å². The van der Waals surface area contributed by atoms with E-state index in [1.807, 2.05) is 0 Å². The summed E-state index contributed by atoms with van der Waals surface area (Å²) in [6, 6.07) is 7.03. The number of fused-ring (bicyclic) bond motifs is 1. The van der Waals surface area contributed by atoms with Gasteiger partial charge in [-0.1, -0.05) is 6.58 Å². The molecule has 8 nitrogen and oxygen atoms in total. The number of halogens is 4. The second-order valence-electron chi connectivity index (χ2n) is 7.65. The number of amides is 1. The van der Waals surface area contributed by atoms with E-state index in [1.54, 1.807) is 35.6 Å². The predicted molar refractivity (Wildman–Crippen MR) is 112 cm³/mol. The molecular formula is C22H16F4N6O2. The largest absolute Gasteiger partial charge is 0.573 e. The van der Waals surface area contributed by atoms with Gasteiger partial charge in [0.05, 0.1) is 28.8 Å². The molecule has 1 fully saturated rings. The zero-order valence-corrected chi connectivity index (χ0v) is 17.4. The van der Waals surface area contributed by atoms with Crippen molar-refractivity contribution in [3.05, 3.63) is 73.3 Å². The van der Waals surface area contributed by atoms with Crippen molar-refractivity contribution in [2.45, 2.75) is 12.3 Å². The maximum atomic E-state index is 13.3. The fourth-order valence-corrected chi connectivity index (χ4v) is 3.91. The van der Waals surface area contributed by atoms with Crippen LogP contribution in [0.2, 0.25) is 0 Å². The van der Waals surface area contributed by atoms with Crippen molar-refractivity contribution in [1.29, 1.82) is 0 Å². The van der Waals surface area contributed by atoms with Gasteiger partial charge in [-0.15, -0.1) is 13.2 Å². The summed E-state index contributed by atoms with van der Waals surface area (Å²) in [4.78, 5) is 21.7. The molecule has 4 heterocycles. The minimum Gasteiger partial charge on any atom is -0.406 e. The lowest BCUT2D eigenvalue weighted by Gasteiger charge is -2.38. The predicted octanol–water partition coefficient (Wildman–Crippen LogP) is 3.91. The highest BCUT2D eigenvalue weighted by Gasteiger charge is 2.37. The van der Waals surface area contributed by atoms with Crippen LogP contribution in [0.5, 0.6) is 5.75 Å². The van der Waals surface area contributed by atoms with Crippen LogP contribution < -0.4 is 4.74 Å². The van der Waals surface area contributed by atoms with E-state index >= 15 is 0 Å². The van der Waals surface area contributed by atoms with Crippen molar-refractivity contribution in [2.24, 2.45) is 0 Å². The van der Waals surface area contributed by atoms with Gasteiger partial charge in [0.15, 0.2) is 11.5 Å². The van der Waals surface area contributed by atoms with Gasteiger partial charge in [-0.25, -0.2) is 19.0 Å². The van der Waals surface area contributed by atoms with Gasteiger partial charge < -0.3 is 14.2 Å². The van der Waals surface area contributed by atoms with E-state index in [-0.39, 0.29) is 24.8 Å². The monoisotopic (exact) mass is 472 g/mol. The summed E-state index contributed by atoms with van der Waals surface area (Å²) >= 11 is 0. The molecule has 3 aromatic heterocycles. The molecule has 4 aromatic rings. The number of imidazole rings is 1. The molecule has 34 heavy (non-hydrogen) atoms. The summed E-state index contributed by atoms with van der Waals surface area (Å²) in [5.74, 6) is -2.37. The van der Waals surface area contributed by atoms with Crippen molar-refractivity contribution in [3.63, 3.8) is 0 Å². The van der Waals surface area contributed by atoms with Gasteiger partial charge in [0, 0.05) is 37.6 Å². The number of nitrogens with zero attached hydrogens (tertiary/aromatic N) is 6. The SMILES string of the molecule is C=C(F)C(=O)N1CC(c2nn(-c3ccc(OC(F)(F)F)cc3)c3nccc(-n4ccnc4)c23)C1. The second-order valence-corrected chi connectivity index (χ2v) is 7.65. The molecule has 0 bridgehead atoms. The Morgan fingerprint density at radius 2 is 1.85 bits per heavy atom. The Morgan fingerprint density at radius 1 is 1.12 bits per heavy atom. The van der Waals surface area contributed by atoms with Crippen LogP contribution in [-0.4, -0.2) is 54.6 Å². The van der Waals surface area contributed by atoms with Crippen molar-refractivity contribution in [3.8, 4) is 17.1 Å². The molecule has 0 radical (unpaired) electrons. The molecular weight excluding hydrogens is 456 g/mol. The van der Waals surface area contributed by atoms with E-state index in [9.17, 15) is 22.4 Å². The molecule has 1 aliphatic rings. The van der Waals surface area contributed by atoms with Crippen LogP contribution in [0.25, 0.3) is 22.4 Å². The van der Waals surface area contributed by atoms with Crippen LogP contribution in [0.3, 0.4) is 0 Å². The lowest BCUT2D eigenvalue weighted by molar-refractivity contribution is -0.274. The molecule has 0 N–H and O–H groups in total. The standard InChI is InChI=1S/C22H16F4N6O2/c1-13(23)21(33)31-10-14(11-31)19-18-17(30-9-8-27-12-30)6-7-28-20(18)32(29-19)15-2-4-16(5-3-15)34-22(24,25)26/h2-9,12,14H,1,10-11H2. The minimum absolute atomic E-state index is 0.202. The first kappa shape index (κ1) is 21.6. The quantitative estimate of drug-likeness (QED) is 0.325. The first-order valence-corrected chi connectivity index (χ1v) is 10.1. The molecule has 1 amide bonds. The number of alkyl halides is 3. The number of likely N-dealkylation sites (tertiary alicyclic amines) is 1. The number of carbonyl (C=O) groups excluding carboxylic acids is 1. The van der Waals surface area contributed by atoms with Gasteiger partial charge in [-0.3, -0.25) is 4.79 Å². The van der Waals surface area contributed by atoms with Crippen LogP contribution >= 0.6 is 0 Å². The average molecular weight is 472 g/mol. The molecule has 12 heteroatoms. The van der Waals surface area contributed by atoms with E-state index in [0.717, 1.165) is 5.69 Å². The van der Waals surface area contributed by atoms with Crippen molar-refractivity contribution >= 4 is 16.9 Å². The Labute approximate surface area is 189 Å². The molecule has 174 valence electrons. The zero-order chi connectivity index (χ0) is 24.0. The maximum absolute atomic E-state index is 13.3. The molecule has 0 spiro atoms. The summed E-state index contributed by atoms with van der Waals surface area (Å²) in [7, 11) is 0. The third kappa shape index (κ3) is 3.87. The number of hydrogen-bond donors (Lipinski definition) is 0. The van der Waals surface area contributed by atoms with E-state index in [2.05, 4.69) is 21.3 Å². The number of carbonyl (C=O) groups is 1. The molecule has 0 unspecified atom stereocenters. The molecule has 0 atom stereocenters. The Bertz CT molecular complexity index is 1370. The summed E-state index contributed by atoms with van der Waals surface area (Å²) in [5.41, 5.74) is 2.28. The Hall–Kier alpha value is -4.22. The number of benzene rings is 1. The van der Waals surface area contributed by atoms with Gasteiger partial charge in [0.2, 0.25) is 0 Å². The Morgan fingerprint density at radius 3 is 2.47 bits per heavy atom. The van der Waals surface area contributed by atoms with Gasteiger partial charge >= 0.3 is 6.36 Å². The summed E-state index contributed by atoms with van der Waals surface area (Å²) < 4.78 is 58.0. The topological polar surface area (TPSA) is 78.1 Å². The molecule has 1 saturated heterocycles. The Balaban J connectivity index is 1.58. The first-order chi connectivity index (χ1) is 16.2. The smallest absolute Gasteiger partial charge is 0.406 e. The number of ether oxygens (including phenoxy) is 1. The summed E-state index contributed by atoms with van der Waals surface area (Å²) in [5, 5.41) is 5.39. The minimum atomic E-state index is -4.80. The number of pyridine rings is 1. The maximum Gasteiger partial charge on any atom is 0.573 e. The fraction of sp³-hybridized carbons (Fsp3) is 0.182. The van der Waals surface area contributed by atoms with Gasteiger partial charge in [-0.2, -0.15) is 5.10 Å². The van der Waals surface area contributed by atoms with E-state index in [1.165, 1.54) is 33.8 Å². The Kier molecular flexibility index (Phi) is 5.07. The lowest BCUT2D eigenvalue weighted by Crippen LogP contribution is -2.48.